The fourth-order valence-electron chi connectivity index (χ4n) is 3.48. The molecule has 1 aliphatic heterocycles. The second-order valence-electron chi connectivity index (χ2n) is 6.90. The van der Waals surface area contributed by atoms with E-state index in [-0.39, 0.29) is 0 Å². The third-order valence-electron chi connectivity index (χ3n) is 5.00. The first-order chi connectivity index (χ1) is 13.3. The Morgan fingerprint density at radius 1 is 1.30 bits per heavy atom. The van der Waals surface area contributed by atoms with Crippen LogP contribution in [0.5, 0.6) is 0 Å². The van der Waals surface area contributed by atoms with Crippen LogP contribution in [0.1, 0.15) is 25.1 Å². The lowest BCUT2D eigenvalue weighted by atomic mass is 10.1. The number of ether oxygens (including phenoxy) is 1. The fourth-order valence-corrected chi connectivity index (χ4v) is 3.48. The van der Waals surface area contributed by atoms with Gasteiger partial charge >= 0.3 is 0 Å². The summed E-state index contributed by atoms with van der Waals surface area (Å²) in [6.45, 7) is 5.00. The normalized spacial score (nSPS) is 16.7. The summed E-state index contributed by atoms with van der Waals surface area (Å²) in [5.74, 6) is 1.82. The monoisotopic (exact) mass is 373 g/mol. The number of pyridine rings is 1. The molecule has 0 bridgehead atoms. The highest BCUT2D eigenvalue weighted by Crippen LogP contribution is 2.10. The van der Waals surface area contributed by atoms with Crippen LogP contribution in [-0.2, 0) is 11.2 Å². The molecule has 8 heteroatoms. The molecule has 2 aromatic rings. The maximum atomic E-state index is 5.14. The highest BCUT2D eigenvalue weighted by atomic mass is 16.5. The van der Waals surface area contributed by atoms with Crippen LogP contribution >= 0.6 is 0 Å². The minimum absolute atomic E-state index is 0.476. The van der Waals surface area contributed by atoms with Gasteiger partial charge in [0.05, 0.1) is 0 Å². The third-order valence-corrected chi connectivity index (χ3v) is 5.00. The van der Waals surface area contributed by atoms with Gasteiger partial charge in [-0.1, -0.05) is 6.07 Å². The fraction of sp³-hybridized carbons (Fsp3) is 0.632. The standard InChI is InChI=1S/C19H31N7O/c1-20-19(22-16-8-13-25(14-9-16)11-5-15-27-2)21-10-7-18-24-23-17-6-3-4-12-26(17)18/h3-4,6,12,16H,5,7-11,13-15H2,1-2H3,(H2,20,21,22). The predicted molar refractivity (Wildman–Crippen MR) is 107 cm³/mol. The van der Waals surface area contributed by atoms with E-state index in [1.54, 1.807) is 7.11 Å². The minimum atomic E-state index is 0.476. The van der Waals surface area contributed by atoms with Gasteiger partial charge in [0.25, 0.3) is 0 Å². The zero-order valence-corrected chi connectivity index (χ0v) is 16.4. The maximum Gasteiger partial charge on any atom is 0.191 e. The molecule has 8 nitrogen and oxygen atoms in total. The van der Waals surface area contributed by atoms with Crippen LogP contribution in [0.4, 0.5) is 0 Å². The molecule has 0 aromatic carbocycles. The molecule has 148 valence electrons. The van der Waals surface area contributed by atoms with Crippen molar-refractivity contribution in [1.29, 1.82) is 0 Å². The Labute approximate surface area is 161 Å². The van der Waals surface area contributed by atoms with E-state index in [0.717, 1.165) is 75.9 Å². The number of hydrogen-bond donors (Lipinski definition) is 2. The quantitative estimate of drug-likeness (QED) is 0.407. The summed E-state index contributed by atoms with van der Waals surface area (Å²) in [6.07, 6.45) is 6.18. The number of methoxy groups -OCH3 is 1. The first kappa shape index (κ1) is 19.6. The highest BCUT2D eigenvalue weighted by molar-refractivity contribution is 5.79. The van der Waals surface area contributed by atoms with Crippen LogP contribution < -0.4 is 10.6 Å². The predicted octanol–water partition coefficient (Wildman–Crippen LogP) is 0.938. The molecular weight excluding hydrogens is 342 g/mol. The van der Waals surface area contributed by atoms with E-state index in [2.05, 4.69) is 30.7 Å². The molecule has 1 saturated heterocycles. The maximum absolute atomic E-state index is 5.14. The van der Waals surface area contributed by atoms with Crippen LogP contribution in [0.3, 0.4) is 0 Å². The number of nitrogens with one attached hydrogen (secondary N) is 2. The van der Waals surface area contributed by atoms with E-state index in [1.165, 1.54) is 0 Å². The van der Waals surface area contributed by atoms with E-state index in [4.69, 9.17) is 4.74 Å². The molecule has 0 atom stereocenters. The number of nitrogens with zero attached hydrogens (tertiary/aromatic N) is 5. The third kappa shape index (κ3) is 5.64. The molecule has 27 heavy (non-hydrogen) atoms. The Bertz CT molecular complexity index is 722. The van der Waals surface area contributed by atoms with Gasteiger partial charge in [-0.3, -0.25) is 9.39 Å². The summed E-state index contributed by atoms with van der Waals surface area (Å²) in [5, 5.41) is 15.4. The average Bonchev–Trinajstić information content (AvgIpc) is 3.12. The van der Waals surface area contributed by atoms with Gasteiger partial charge in [0, 0.05) is 65.6 Å². The van der Waals surface area contributed by atoms with E-state index >= 15 is 0 Å². The van der Waals surface area contributed by atoms with Gasteiger partial charge in [0.1, 0.15) is 5.82 Å². The molecule has 3 heterocycles. The minimum Gasteiger partial charge on any atom is -0.385 e. The number of aliphatic imine (C=N–C) groups is 1. The number of aromatic nitrogens is 3. The number of likely N-dealkylation sites (tertiary alicyclic amines) is 1. The molecule has 0 spiro atoms. The van der Waals surface area contributed by atoms with Gasteiger partial charge in [-0.05, 0) is 31.4 Å². The molecule has 1 aliphatic rings. The second-order valence-corrected chi connectivity index (χ2v) is 6.90. The SMILES string of the molecule is CN=C(NCCc1nnc2ccccn12)NC1CCN(CCCOC)CC1. The molecule has 0 saturated carbocycles. The van der Waals surface area contributed by atoms with Crippen molar-refractivity contribution in [2.45, 2.75) is 31.7 Å². The van der Waals surface area contributed by atoms with Crippen LogP contribution in [0, 0.1) is 0 Å². The van der Waals surface area contributed by atoms with E-state index in [1.807, 2.05) is 35.8 Å². The molecule has 0 aliphatic carbocycles. The van der Waals surface area contributed by atoms with Crippen molar-refractivity contribution in [2.75, 3.05) is 46.9 Å². The largest absolute Gasteiger partial charge is 0.385 e. The second kappa shape index (κ2) is 10.2. The molecule has 2 N–H and O–H groups in total. The van der Waals surface area contributed by atoms with Crippen LogP contribution in [-0.4, -0.2) is 78.4 Å². The number of piperidine rings is 1. The lowest BCUT2D eigenvalue weighted by Gasteiger charge is -2.33. The molecule has 1 fully saturated rings. The Hall–Kier alpha value is -2.19. The topological polar surface area (TPSA) is 79.1 Å². The zero-order valence-electron chi connectivity index (χ0n) is 16.4. The first-order valence-electron chi connectivity index (χ1n) is 9.77. The summed E-state index contributed by atoms with van der Waals surface area (Å²) < 4.78 is 7.16. The van der Waals surface area contributed by atoms with Gasteiger partial charge in [0.2, 0.25) is 0 Å². The summed E-state index contributed by atoms with van der Waals surface area (Å²) in [7, 11) is 3.59. The summed E-state index contributed by atoms with van der Waals surface area (Å²) in [5.41, 5.74) is 0.882. The lowest BCUT2D eigenvalue weighted by molar-refractivity contribution is 0.155. The van der Waals surface area contributed by atoms with Gasteiger partial charge in [0.15, 0.2) is 11.6 Å². The van der Waals surface area contributed by atoms with Crippen molar-refractivity contribution >= 4 is 11.6 Å². The van der Waals surface area contributed by atoms with Crippen molar-refractivity contribution in [2.24, 2.45) is 4.99 Å². The summed E-state index contributed by atoms with van der Waals surface area (Å²) in [6, 6.07) is 6.41. The number of fused-ring (bicyclic) bond motifs is 1. The molecule has 2 aromatic heterocycles. The van der Waals surface area contributed by atoms with Crippen molar-refractivity contribution in [1.82, 2.24) is 30.1 Å². The van der Waals surface area contributed by atoms with Gasteiger partial charge < -0.3 is 20.3 Å². The lowest BCUT2D eigenvalue weighted by Crippen LogP contribution is -2.49. The molecule has 0 amide bonds. The number of guanidine groups is 1. The van der Waals surface area contributed by atoms with E-state index in [9.17, 15) is 0 Å². The van der Waals surface area contributed by atoms with Crippen molar-refractivity contribution in [3.8, 4) is 0 Å². The molecule has 0 radical (unpaired) electrons. The van der Waals surface area contributed by atoms with E-state index < -0.39 is 0 Å². The van der Waals surface area contributed by atoms with Crippen molar-refractivity contribution in [3.63, 3.8) is 0 Å². The molecule has 0 unspecified atom stereocenters. The molecule has 3 rings (SSSR count). The molecular formula is C19H31N7O. The number of rotatable bonds is 8. The Morgan fingerprint density at radius 2 is 2.15 bits per heavy atom. The highest BCUT2D eigenvalue weighted by Gasteiger charge is 2.19. The number of hydrogen-bond acceptors (Lipinski definition) is 5. The Morgan fingerprint density at radius 3 is 2.93 bits per heavy atom. The van der Waals surface area contributed by atoms with Gasteiger partial charge in [-0.2, -0.15) is 0 Å². The Balaban J connectivity index is 1.39. The van der Waals surface area contributed by atoms with E-state index in [0.29, 0.717) is 6.04 Å². The Kier molecular flexibility index (Phi) is 7.41. The van der Waals surface area contributed by atoms with Crippen molar-refractivity contribution in [3.05, 3.63) is 30.2 Å². The first-order valence-corrected chi connectivity index (χ1v) is 9.77. The summed E-state index contributed by atoms with van der Waals surface area (Å²) in [4.78, 5) is 6.88. The van der Waals surface area contributed by atoms with Crippen LogP contribution in [0.15, 0.2) is 29.4 Å². The smallest absolute Gasteiger partial charge is 0.191 e. The van der Waals surface area contributed by atoms with Gasteiger partial charge in [-0.25, -0.2) is 0 Å². The van der Waals surface area contributed by atoms with Crippen LogP contribution in [0.2, 0.25) is 0 Å². The van der Waals surface area contributed by atoms with Crippen molar-refractivity contribution < 1.29 is 4.74 Å². The average molecular weight is 374 g/mol. The zero-order chi connectivity index (χ0) is 18.9. The van der Waals surface area contributed by atoms with Crippen LogP contribution in [0.25, 0.3) is 5.65 Å². The van der Waals surface area contributed by atoms with Gasteiger partial charge in [-0.15, -0.1) is 10.2 Å². The summed E-state index contributed by atoms with van der Waals surface area (Å²) >= 11 is 0.